The van der Waals surface area contributed by atoms with Crippen molar-refractivity contribution in [3.05, 3.63) is 22.2 Å². The molecule has 3 rings (SSSR count). The summed E-state index contributed by atoms with van der Waals surface area (Å²) in [5.74, 6) is -0.385. The molecule has 0 fully saturated rings. The van der Waals surface area contributed by atoms with Crippen molar-refractivity contribution in [2.75, 3.05) is 13.2 Å². The van der Waals surface area contributed by atoms with Gasteiger partial charge in [-0.2, -0.15) is 0 Å². The van der Waals surface area contributed by atoms with E-state index in [0.717, 1.165) is 27.9 Å². The summed E-state index contributed by atoms with van der Waals surface area (Å²) >= 11 is 1.31. The van der Waals surface area contributed by atoms with Crippen molar-refractivity contribution in [2.24, 2.45) is 4.99 Å². The average Bonchev–Trinajstić information content (AvgIpc) is 2.90. The van der Waals surface area contributed by atoms with Crippen LogP contribution in [-0.4, -0.2) is 36.2 Å². The molecule has 0 saturated carbocycles. The molecule has 0 unspecified atom stereocenters. The summed E-state index contributed by atoms with van der Waals surface area (Å²) in [5, 5.41) is 0.825. The summed E-state index contributed by atoms with van der Waals surface area (Å²) in [6, 6.07) is 2.02. The average molecular weight is 362 g/mol. The molecule has 3 heterocycles. The Morgan fingerprint density at radius 2 is 2.24 bits per heavy atom. The lowest BCUT2D eigenvalue weighted by atomic mass is 9.95. The van der Waals surface area contributed by atoms with Crippen LogP contribution >= 0.6 is 11.3 Å². The lowest BCUT2D eigenvalue weighted by Gasteiger charge is -2.30. The van der Waals surface area contributed by atoms with Crippen LogP contribution in [0.1, 0.15) is 48.6 Å². The standard InChI is InChI=1S/C18H22N2O4S/c1-5-22-10-19-14-12-7-11-9-24-18(3,4)8-13(11)20-16(12)25-15(14)17(21)23-6-2/h7,10H,5-6,8-9H2,1-4H3. The molecule has 0 atom stereocenters. The smallest absolute Gasteiger partial charge is 0.350 e. The number of aliphatic imine (C=N–C) groups is 1. The molecule has 6 nitrogen and oxygen atoms in total. The van der Waals surface area contributed by atoms with Gasteiger partial charge in [-0.15, -0.1) is 11.3 Å². The summed E-state index contributed by atoms with van der Waals surface area (Å²) in [4.78, 5) is 22.7. The van der Waals surface area contributed by atoms with Crippen molar-refractivity contribution < 1.29 is 19.0 Å². The van der Waals surface area contributed by atoms with Gasteiger partial charge in [0.15, 0.2) is 6.40 Å². The monoisotopic (exact) mass is 362 g/mol. The second-order valence-electron chi connectivity index (χ2n) is 6.36. The highest BCUT2D eigenvalue weighted by atomic mass is 32.1. The van der Waals surface area contributed by atoms with Gasteiger partial charge in [-0.1, -0.05) is 0 Å². The molecule has 0 radical (unpaired) electrons. The SMILES string of the molecule is CCOC=Nc1c(C(=O)OCC)sc2nc3c(cc12)COC(C)(C)C3. The van der Waals surface area contributed by atoms with Crippen molar-refractivity contribution in [3.63, 3.8) is 0 Å². The highest BCUT2D eigenvalue weighted by Gasteiger charge is 2.29. The van der Waals surface area contributed by atoms with Crippen LogP contribution in [-0.2, 0) is 27.2 Å². The number of aromatic nitrogens is 1. The normalized spacial score (nSPS) is 16.2. The van der Waals surface area contributed by atoms with E-state index in [-0.39, 0.29) is 11.6 Å². The molecule has 2 aromatic rings. The highest BCUT2D eigenvalue weighted by Crippen LogP contribution is 2.40. The minimum Gasteiger partial charge on any atom is -0.483 e. The Morgan fingerprint density at radius 1 is 1.44 bits per heavy atom. The molecule has 134 valence electrons. The van der Waals surface area contributed by atoms with Gasteiger partial charge in [0.25, 0.3) is 0 Å². The second-order valence-corrected chi connectivity index (χ2v) is 7.36. The Balaban J connectivity index is 2.12. The van der Waals surface area contributed by atoms with E-state index in [1.165, 1.54) is 17.7 Å². The number of pyridine rings is 1. The van der Waals surface area contributed by atoms with Crippen LogP contribution in [0.4, 0.5) is 5.69 Å². The second kappa shape index (κ2) is 7.09. The van der Waals surface area contributed by atoms with E-state index < -0.39 is 0 Å². The molecule has 0 amide bonds. The lowest BCUT2D eigenvalue weighted by Crippen LogP contribution is -2.32. The first-order chi connectivity index (χ1) is 11.9. The molecule has 0 aliphatic carbocycles. The first-order valence-corrected chi connectivity index (χ1v) is 9.17. The third kappa shape index (κ3) is 3.67. The maximum absolute atomic E-state index is 12.3. The number of thiophene rings is 1. The van der Waals surface area contributed by atoms with Crippen LogP contribution in [0.25, 0.3) is 10.2 Å². The number of carbonyl (C=O) groups is 1. The van der Waals surface area contributed by atoms with Gasteiger partial charge in [-0.05, 0) is 33.8 Å². The largest absolute Gasteiger partial charge is 0.483 e. The number of hydrogen-bond acceptors (Lipinski definition) is 7. The molecule has 0 bridgehead atoms. The van der Waals surface area contributed by atoms with Gasteiger partial charge >= 0.3 is 5.97 Å². The van der Waals surface area contributed by atoms with Crippen molar-refractivity contribution in [1.29, 1.82) is 0 Å². The maximum Gasteiger partial charge on any atom is 0.350 e. The Hall–Kier alpha value is -1.99. The number of ether oxygens (including phenoxy) is 3. The molecule has 0 aromatic carbocycles. The van der Waals surface area contributed by atoms with Gasteiger partial charge in [-0.25, -0.2) is 14.8 Å². The van der Waals surface area contributed by atoms with E-state index in [1.54, 1.807) is 6.92 Å². The predicted molar refractivity (Wildman–Crippen MR) is 97.9 cm³/mol. The number of nitrogens with zero attached hydrogens (tertiary/aromatic N) is 2. The summed E-state index contributed by atoms with van der Waals surface area (Å²) in [7, 11) is 0. The van der Waals surface area contributed by atoms with Crippen LogP contribution in [0, 0.1) is 0 Å². The predicted octanol–water partition coefficient (Wildman–Crippen LogP) is 4.02. The molecular formula is C18H22N2O4S. The van der Waals surface area contributed by atoms with Crippen LogP contribution in [0.15, 0.2) is 11.1 Å². The first kappa shape index (κ1) is 17.8. The van der Waals surface area contributed by atoms with E-state index in [2.05, 4.69) is 18.8 Å². The molecule has 7 heteroatoms. The van der Waals surface area contributed by atoms with E-state index in [1.807, 2.05) is 13.0 Å². The van der Waals surface area contributed by atoms with E-state index in [0.29, 0.717) is 30.4 Å². The van der Waals surface area contributed by atoms with Crippen molar-refractivity contribution >= 4 is 39.6 Å². The van der Waals surface area contributed by atoms with Crippen LogP contribution < -0.4 is 0 Å². The summed E-state index contributed by atoms with van der Waals surface area (Å²) in [5.41, 5.74) is 2.37. The molecule has 1 aliphatic rings. The quantitative estimate of drug-likeness (QED) is 0.456. The molecule has 1 aliphatic heterocycles. The Bertz CT molecular complexity index is 826. The van der Waals surface area contributed by atoms with Gasteiger partial charge < -0.3 is 14.2 Å². The molecule has 0 spiro atoms. The van der Waals surface area contributed by atoms with E-state index >= 15 is 0 Å². The molecule has 2 aromatic heterocycles. The Labute approximate surface area is 150 Å². The number of rotatable bonds is 5. The Kier molecular flexibility index (Phi) is 5.06. The lowest BCUT2D eigenvalue weighted by molar-refractivity contribution is -0.0411. The molecule has 0 saturated heterocycles. The van der Waals surface area contributed by atoms with Gasteiger partial charge in [0.2, 0.25) is 0 Å². The number of fused-ring (bicyclic) bond motifs is 2. The molecular weight excluding hydrogens is 340 g/mol. The summed E-state index contributed by atoms with van der Waals surface area (Å²) in [6.45, 7) is 9.09. The zero-order chi connectivity index (χ0) is 18.0. The third-order valence-corrected chi connectivity index (χ3v) is 4.99. The van der Waals surface area contributed by atoms with E-state index in [4.69, 9.17) is 19.2 Å². The zero-order valence-corrected chi connectivity index (χ0v) is 15.7. The van der Waals surface area contributed by atoms with Gasteiger partial charge in [-0.3, -0.25) is 0 Å². The minimum absolute atomic E-state index is 0.231. The minimum atomic E-state index is -0.385. The maximum atomic E-state index is 12.3. The van der Waals surface area contributed by atoms with E-state index in [9.17, 15) is 4.79 Å². The van der Waals surface area contributed by atoms with Crippen molar-refractivity contribution in [3.8, 4) is 0 Å². The fourth-order valence-electron chi connectivity index (χ4n) is 2.72. The van der Waals surface area contributed by atoms with Gasteiger partial charge in [0, 0.05) is 17.4 Å². The van der Waals surface area contributed by atoms with Crippen LogP contribution in [0.5, 0.6) is 0 Å². The number of esters is 1. The highest BCUT2D eigenvalue weighted by molar-refractivity contribution is 7.21. The number of hydrogen-bond donors (Lipinski definition) is 0. The van der Waals surface area contributed by atoms with Crippen LogP contribution in [0.3, 0.4) is 0 Å². The van der Waals surface area contributed by atoms with Crippen molar-refractivity contribution in [1.82, 2.24) is 4.98 Å². The van der Waals surface area contributed by atoms with Gasteiger partial charge in [0.1, 0.15) is 15.4 Å². The summed E-state index contributed by atoms with van der Waals surface area (Å²) < 4.78 is 16.3. The fraction of sp³-hybridized carbons (Fsp3) is 0.500. The van der Waals surface area contributed by atoms with Crippen LogP contribution in [0.2, 0.25) is 0 Å². The first-order valence-electron chi connectivity index (χ1n) is 8.35. The molecule has 0 N–H and O–H groups in total. The number of carbonyl (C=O) groups excluding carboxylic acids is 1. The summed E-state index contributed by atoms with van der Waals surface area (Å²) in [6.07, 6.45) is 2.10. The topological polar surface area (TPSA) is 70.0 Å². The third-order valence-electron chi connectivity index (χ3n) is 3.92. The molecule has 25 heavy (non-hydrogen) atoms. The Morgan fingerprint density at radius 3 is 2.96 bits per heavy atom. The van der Waals surface area contributed by atoms with Crippen molar-refractivity contribution in [2.45, 2.75) is 46.3 Å². The van der Waals surface area contributed by atoms with Gasteiger partial charge in [0.05, 0.1) is 31.1 Å². The fourth-order valence-corrected chi connectivity index (χ4v) is 3.74. The zero-order valence-electron chi connectivity index (χ0n) is 14.9.